The lowest BCUT2D eigenvalue weighted by Gasteiger charge is -2.29. The summed E-state index contributed by atoms with van der Waals surface area (Å²) in [4.78, 5) is 0. The molecule has 0 aliphatic carbocycles. The molecule has 0 amide bonds. The summed E-state index contributed by atoms with van der Waals surface area (Å²) in [7, 11) is 5.72. The number of likely N-dealkylation sites (N-methyl/N-ethyl adjacent to an activating group) is 3. The maximum atomic E-state index is 3.18. The molecule has 1 rings (SSSR count). The van der Waals surface area contributed by atoms with Crippen molar-refractivity contribution in [2.24, 2.45) is 0 Å². The first kappa shape index (κ1) is 11.9. The highest BCUT2D eigenvalue weighted by molar-refractivity contribution is 5.50. The van der Waals surface area contributed by atoms with Crippen molar-refractivity contribution >= 4 is 6.08 Å². The summed E-state index contributed by atoms with van der Waals surface area (Å²) in [6.45, 7) is 0. The molecule has 0 fully saturated rings. The first-order valence-corrected chi connectivity index (χ1v) is 5.07. The first-order valence-electron chi connectivity index (χ1n) is 5.07. The van der Waals surface area contributed by atoms with Crippen LogP contribution in [0.3, 0.4) is 0 Å². The Morgan fingerprint density at radius 2 is 1.47 bits per heavy atom. The van der Waals surface area contributed by atoms with E-state index in [1.54, 1.807) is 0 Å². The molecule has 1 aromatic rings. The van der Waals surface area contributed by atoms with Gasteiger partial charge in [0.25, 0.3) is 0 Å². The fourth-order valence-corrected chi connectivity index (χ4v) is 1.41. The zero-order valence-corrected chi connectivity index (χ0v) is 9.54. The van der Waals surface area contributed by atoms with Crippen molar-refractivity contribution in [3.8, 4) is 0 Å². The van der Waals surface area contributed by atoms with Crippen molar-refractivity contribution in [1.82, 2.24) is 16.0 Å². The Labute approximate surface area is 91.6 Å². The zero-order chi connectivity index (χ0) is 11.1. The van der Waals surface area contributed by atoms with Crippen LogP contribution in [-0.2, 0) is 0 Å². The second-order valence-electron chi connectivity index (χ2n) is 3.30. The van der Waals surface area contributed by atoms with Crippen molar-refractivity contribution in [2.75, 3.05) is 21.1 Å². The van der Waals surface area contributed by atoms with Crippen LogP contribution in [0.25, 0.3) is 6.08 Å². The molecule has 0 aliphatic rings. The van der Waals surface area contributed by atoms with Crippen LogP contribution < -0.4 is 16.0 Å². The Balaban J connectivity index is 2.79. The van der Waals surface area contributed by atoms with E-state index in [2.05, 4.69) is 40.2 Å². The molecule has 0 saturated carbocycles. The van der Waals surface area contributed by atoms with E-state index in [-0.39, 0.29) is 5.79 Å². The second-order valence-corrected chi connectivity index (χ2v) is 3.30. The summed E-state index contributed by atoms with van der Waals surface area (Å²) in [5.41, 5.74) is 1.18. The minimum atomic E-state index is -0.351. The Hall–Kier alpha value is -1.16. The number of rotatable bonds is 5. The van der Waals surface area contributed by atoms with Crippen LogP contribution in [0.4, 0.5) is 0 Å². The molecule has 0 atom stereocenters. The molecule has 1 aromatic carbocycles. The molecule has 3 N–H and O–H groups in total. The molecule has 3 heteroatoms. The van der Waals surface area contributed by atoms with E-state index < -0.39 is 0 Å². The van der Waals surface area contributed by atoms with Crippen molar-refractivity contribution in [2.45, 2.75) is 5.79 Å². The van der Waals surface area contributed by atoms with Gasteiger partial charge in [0, 0.05) is 0 Å². The Morgan fingerprint density at radius 3 is 1.93 bits per heavy atom. The number of hydrogen-bond donors (Lipinski definition) is 3. The average Bonchev–Trinajstić information content (AvgIpc) is 2.33. The molecule has 0 saturated heterocycles. The minimum Gasteiger partial charge on any atom is -0.287 e. The normalized spacial score (nSPS) is 12.2. The summed E-state index contributed by atoms with van der Waals surface area (Å²) in [5, 5.41) is 9.53. The van der Waals surface area contributed by atoms with Gasteiger partial charge in [0.05, 0.1) is 0 Å². The molecular formula is C12H19N3. The molecule has 0 radical (unpaired) electrons. The fraction of sp³-hybridized carbons (Fsp3) is 0.333. The predicted octanol–water partition coefficient (Wildman–Crippen LogP) is 1.01. The van der Waals surface area contributed by atoms with Crippen LogP contribution in [0.15, 0.2) is 36.4 Å². The largest absolute Gasteiger partial charge is 0.287 e. The standard InChI is InChI=1S/C12H19N3/c1-13-12(14-2,15-3)10-9-11-7-5-4-6-8-11/h4-10,13-15H,1-3H3. The molecular weight excluding hydrogens is 186 g/mol. The zero-order valence-electron chi connectivity index (χ0n) is 9.54. The Bertz CT molecular complexity index is 294. The average molecular weight is 205 g/mol. The van der Waals surface area contributed by atoms with Gasteiger partial charge in [0.2, 0.25) is 0 Å². The summed E-state index contributed by atoms with van der Waals surface area (Å²) < 4.78 is 0. The topological polar surface area (TPSA) is 36.1 Å². The van der Waals surface area contributed by atoms with Gasteiger partial charge in [0.1, 0.15) is 5.79 Å². The third kappa shape index (κ3) is 3.16. The lowest BCUT2D eigenvalue weighted by molar-refractivity contribution is 0.322. The number of nitrogens with one attached hydrogen (secondary N) is 3. The van der Waals surface area contributed by atoms with Gasteiger partial charge < -0.3 is 0 Å². The Kier molecular flexibility index (Phi) is 4.49. The van der Waals surface area contributed by atoms with Crippen molar-refractivity contribution in [3.63, 3.8) is 0 Å². The van der Waals surface area contributed by atoms with Crippen LogP contribution in [0.2, 0.25) is 0 Å². The maximum Gasteiger partial charge on any atom is 0.142 e. The van der Waals surface area contributed by atoms with Gasteiger partial charge in [-0.2, -0.15) is 0 Å². The van der Waals surface area contributed by atoms with Crippen molar-refractivity contribution in [1.29, 1.82) is 0 Å². The molecule has 0 spiro atoms. The molecule has 0 heterocycles. The smallest absolute Gasteiger partial charge is 0.142 e. The highest BCUT2D eigenvalue weighted by atomic mass is 15.3. The van der Waals surface area contributed by atoms with E-state index in [1.807, 2.05) is 39.3 Å². The Morgan fingerprint density at radius 1 is 0.933 bits per heavy atom. The summed E-state index contributed by atoms with van der Waals surface area (Å²) >= 11 is 0. The quantitative estimate of drug-likeness (QED) is 0.628. The summed E-state index contributed by atoms with van der Waals surface area (Å²) in [6, 6.07) is 10.2. The second kappa shape index (κ2) is 5.66. The van der Waals surface area contributed by atoms with Crippen molar-refractivity contribution < 1.29 is 0 Å². The highest BCUT2D eigenvalue weighted by Gasteiger charge is 2.18. The monoisotopic (exact) mass is 205 g/mol. The first-order chi connectivity index (χ1) is 7.26. The van der Waals surface area contributed by atoms with Gasteiger partial charge >= 0.3 is 0 Å². The van der Waals surface area contributed by atoms with Crippen LogP contribution >= 0.6 is 0 Å². The fourth-order valence-electron chi connectivity index (χ4n) is 1.41. The van der Waals surface area contributed by atoms with E-state index in [0.29, 0.717) is 0 Å². The van der Waals surface area contributed by atoms with E-state index in [1.165, 1.54) is 5.56 Å². The third-order valence-corrected chi connectivity index (χ3v) is 2.51. The van der Waals surface area contributed by atoms with Gasteiger partial charge in [-0.1, -0.05) is 36.4 Å². The number of benzene rings is 1. The van der Waals surface area contributed by atoms with Crippen LogP contribution in [0.1, 0.15) is 5.56 Å². The van der Waals surface area contributed by atoms with Crippen LogP contribution in [0, 0.1) is 0 Å². The third-order valence-electron chi connectivity index (χ3n) is 2.51. The predicted molar refractivity (Wildman–Crippen MR) is 65.4 cm³/mol. The van der Waals surface area contributed by atoms with E-state index in [0.717, 1.165) is 0 Å². The SMILES string of the molecule is CNC(C=Cc1ccccc1)(NC)NC. The van der Waals surface area contributed by atoms with Gasteiger partial charge in [-0.3, -0.25) is 16.0 Å². The van der Waals surface area contributed by atoms with E-state index in [4.69, 9.17) is 0 Å². The minimum absolute atomic E-state index is 0.351. The van der Waals surface area contributed by atoms with Gasteiger partial charge in [0.15, 0.2) is 0 Å². The maximum absolute atomic E-state index is 3.18. The van der Waals surface area contributed by atoms with E-state index in [9.17, 15) is 0 Å². The molecule has 0 aliphatic heterocycles. The molecule has 15 heavy (non-hydrogen) atoms. The lowest BCUT2D eigenvalue weighted by atomic mass is 10.2. The van der Waals surface area contributed by atoms with Gasteiger partial charge in [-0.15, -0.1) is 0 Å². The number of hydrogen-bond acceptors (Lipinski definition) is 3. The summed E-state index contributed by atoms with van der Waals surface area (Å²) in [6.07, 6.45) is 4.13. The molecule has 82 valence electrons. The molecule has 0 bridgehead atoms. The van der Waals surface area contributed by atoms with Crippen molar-refractivity contribution in [3.05, 3.63) is 42.0 Å². The molecule has 3 nitrogen and oxygen atoms in total. The molecule has 0 unspecified atom stereocenters. The van der Waals surface area contributed by atoms with Gasteiger partial charge in [-0.25, -0.2) is 0 Å². The lowest BCUT2D eigenvalue weighted by Crippen LogP contribution is -2.61. The van der Waals surface area contributed by atoms with Crippen LogP contribution in [0.5, 0.6) is 0 Å². The highest BCUT2D eigenvalue weighted by Crippen LogP contribution is 2.04. The summed E-state index contributed by atoms with van der Waals surface area (Å²) in [5.74, 6) is -0.351. The van der Waals surface area contributed by atoms with Gasteiger partial charge in [-0.05, 0) is 32.8 Å². The van der Waals surface area contributed by atoms with Crippen LogP contribution in [-0.4, -0.2) is 26.9 Å². The molecule has 0 aromatic heterocycles. The van der Waals surface area contributed by atoms with E-state index >= 15 is 0 Å².